The first-order chi connectivity index (χ1) is 10.6. The van der Waals surface area contributed by atoms with E-state index in [4.69, 9.17) is 4.74 Å². The highest BCUT2D eigenvalue weighted by Crippen LogP contribution is 2.07. The summed E-state index contributed by atoms with van der Waals surface area (Å²) >= 11 is 0. The lowest BCUT2D eigenvalue weighted by Gasteiger charge is -2.16. The van der Waals surface area contributed by atoms with Gasteiger partial charge in [-0.3, -0.25) is 4.79 Å². The van der Waals surface area contributed by atoms with Crippen molar-refractivity contribution in [2.24, 2.45) is 0 Å². The molecule has 0 spiro atoms. The van der Waals surface area contributed by atoms with Gasteiger partial charge in [-0.25, -0.2) is 4.79 Å². The fourth-order valence-corrected chi connectivity index (χ4v) is 2.13. The van der Waals surface area contributed by atoms with Gasteiger partial charge in [0, 0.05) is 12.0 Å². The van der Waals surface area contributed by atoms with Crippen LogP contribution >= 0.6 is 0 Å². The molecule has 4 nitrogen and oxygen atoms in total. The van der Waals surface area contributed by atoms with Gasteiger partial charge in [-0.15, -0.1) is 0 Å². The third kappa shape index (κ3) is 4.19. The fraction of sp³-hybridized carbons (Fsp3) is 0.222. The topological polar surface area (TPSA) is 55.4 Å². The lowest BCUT2D eigenvalue weighted by molar-refractivity contribution is -0.142. The van der Waals surface area contributed by atoms with Gasteiger partial charge in [0.2, 0.25) is 0 Å². The summed E-state index contributed by atoms with van der Waals surface area (Å²) < 4.78 is 4.79. The number of nitrogens with one attached hydrogen (secondary N) is 1. The number of benzene rings is 2. The van der Waals surface area contributed by atoms with Gasteiger partial charge in [0.25, 0.3) is 5.91 Å². The van der Waals surface area contributed by atoms with Gasteiger partial charge in [0.1, 0.15) is 6.04 Å². The Balaban J connectivity index is 2.11. The van der Waals surface area contributed by atoms with Gasteiger partial charge in [-0.05, 0) is 24.6 Å². The molecule has 0 aliphatic rings. The highest BCUT2D eigenvalue weighted by molar-refractivity contribution is 5.96. The highest BCUT2D eigenvalue weighted by Gasteiger charge is 2.22. The molecule has 2 aromatic rings. The van der Waals surface area contributed by atoms with Crippen LogP contribution in [0.25, 0.3) is 0 Å². The van der Waals surface area contributed by atoms with Crippen LogP contribution in [-0.2, 0) is 16.0 Å². The van der Waals surface area contributed by atoms with E-state index in [1.807, 2.05) is 49.4 Å². The number of amides is 1. The standard InChI is InChI=1S/C18H19NO3/c1-13-8-10-15(11-9-13)17(20)19-16(18(21)22-2)12-14-6-4-3-5-7-14/h3-11,16H,12H2,1-2H3,(H,19,20)/t16-/m1/s1. The van der Waals surface area contributed by atoms with E-state index in [-0.39, 0.29) is 5.91 Å². The van der Waals surface area contributed by atoms with Crippen LogP contribution in [0, 0.1) is 6.92 Å². The molecular weight excluding hydrogens is 278 g/mol. The van der Waals surface area contributed by atoms with E-state index >= 15 is 0 Å². The lowest BCUT2D eigenvalue weighted by Crippen LogP contribution is -2.43. The molecule has 0 aromatic heterocycles. The zero-order valence-electron chi connectivity index (χ0n) is 12.7. The maximum Gasteiger partial charge on any atom is 0.328 e. The molecule has 4 heteroatoms. The average molecular weight is 297 g/mol. The van der Waals surface area contributed by atoms with Crippen molar-refractivity contribution in [3.63, 3.8) is 0 Å². The molecule has 0 radical (unpaired) electrons. The molecule has 114 valence electrons. The maximum atomic E-state index is 12.3. The van der Waals surface area contributed by atoms with Crippen LogP contribution in [0.3, 0.4) is 0 Å². The number of aryl methyl sites for hydroxylation is 1. The Labute approximate surface area is 130 Å². The quantitative estimate of drug-likeness (QED) is 0.863. The molecule has 2 rings (SSSR count). The number of carbonyl (C=O) groups excluding carboxylic acids is 2. The Kier molecular flexibility index (Phi) is 5.31. The third-order valence-electron chi connectivity index (χ3n) is 3.39. The van der Waals surface area contributed by atoms with Gasteiger partial charge < -0.3 is 10.1 Å². The number of esters is 1. The van der Waals surface area contributed by atoms with Crippen molar-refractivity contribution in [2.45, 2.75) is 19.4 Å². The molecule has 0 fully saturated rings. The number of ether oxygens (including phenoxy) is 1. The van der Waals surface area contributed by atoms with Crippen molar-refractivity contribution < 1.29 is 14.3 Å². The summed E-state index contributed by atoms with van der Waals surface area (Å²) in [5.41, 5.74) is 2.56. The van der Waals surface area contributed by atoms with Crippen LogP contribution in [0.2, 0.25) is 0 Å². The summed E-state index contributed by atoms with van der Waals surface area (Å²) in [7, 11) is 1.32. The zero-order chi connectivity index (χ0) is 15.9. The van der Waals surface area contributed by atoms with Gasteiger partial charge in [-0.2, -0.15) is 0 Å². The molecule has 22 heavy (non-hydrogen) atoms. The summed E-state index contributed by atoms with van der Waals surface area (Å²) in [6, 6.07) is 16.0. The molecule has 0 unspecified atom stereocenters. The van der Waals surface area contributed by atoms with Crippen LogP contribution in [0.1, 0.15) is 21.5 Å². The van der Waals surface area contributed by atoms with Crippen LogP contribution in [0.5, 0.6) is 0 Å². The van der Waals surface area contributed by atoms with E-state index in [0.29, 0.717) is 12.0 Å². The molecule has 1 amide bonds. The molecule has 0 aliphatic carbocycles. The number of hydrogen-bond acceptors (Lipinski definition) is 3. The maximum absolute atomic E-state index is 12.3. The molecule has 0 aliphatic heterocycles. The molecule has 1 atom stereocenters. The Bertz CT molecular complexity index is 635. The summed E-state index contributed by atoms with van der Waals surface area (Å²) in [6.45, 7) is 1.95. The molecule has 2 aromatic carbocycles. The van der Waals surface area contributed by atoms with Crippen LogP contribution < -0.4 is 5.32 Å². The van der Waals surface area contributed by atoms with Crippen LogP contribution in [0.4, 0.5) is 0 Å². The molecule has 0 heterocycles. The van der Waals surface area contributed by atoms with Crippen molar-refractivity contribution in [1.82, 2.24) is 5.32 Å². The first-order valence-electron chi connectivity index (χ1n) is 7.09. The Morgan fingerprint density at radius 3 is 2.27 bits per heavy atom. The predicted molar refractivity (Wildman–Crippen MR) is 84.6 cm³/mol. The largest absolute Gasteiger partial charge is 0.467 e. The van der Waals surface area contributed by atoms with Crippen molar-refractivity contribution in [2.75, 3.05) is 7.11 Å². The molecule has 0 bridgehead atoms. The van der Waals surface area contributed by atoms with Gasteiger partial charge >= 0.3 is 5.97 Å². The summed E-state index contributed by atoms with van der Waals surface area (Å²) in [6.07, 6.45) is 0.394. The second-order valence-electron chi connectivity index (χ2n) is 5.10. The fourth-order valence-electron chi connectivity index (χ4n) is 2.13. The molecule has 1 N–H and O–H groups in total. The smallest absolute Gasteiger partial charge is 0.328 e. The summed E-state index contributed by atoms with van der Waals surface area (Å²) in [4.78, 5) is 24.2. The molecule has 0 saturated carbocycles. The van der Waals surface area contributed by atoms with Crippen molar-refractivity contribution in [3.8, 4) is 0 Å². The van der Waals surface area contributed by atoms with Crippen molar-refractivity contribution in [3.05, 3.63) is 71.3 Å². The number of rotatable bonds is 5. The number of carbonyl (C=O) groups is 2. The minimum atomic E-state index is -0.707. The predicted octanol–water partition coefficient (Wildman–Crippen LogP) is 2.51. The highest BCUT2D eigenvalue weighted by atomic mass is 16.5. The van der Waals surface area contributed by atoms with E-state index in [0.717, 1.165) is 11.1 Å². The van der Waals surface area contributed by atoms with Crippen molar-refractivity contribution in [1.29, 1.82) is 0 Å². The minimum absolute atomic E-state index is 0.286. The molecule has 0 saturated heterocycles. The van der Waals surface area contributed by atoms with E-state index < -0.39 is 12.0 Å². The minimum Gasteiger partial charge on any atom is -0.467 e. The SMILES string of the molecule is COC(=O)[C@@H](Cc1ccccc1)NC(=O)c1ccc(C)cc1. The average Bonchev–Trinajstić information content (AvgIpc) is 2.55. The monoisotopic (exact) mass is 297 g/mol. The third-order valence-corrected chi connectivity index (χ3v) is 3.39. The summed E-state index contributed by atoms with van der Waals surface area (Å²) in [5.74, 6) is -0.740. The summed E-state index contributed by atoms with van der Waals surface area (Å²) in [5, 5.41) is 2.74. The first-order valence-corrected chi connectivity index (χ1v) is 7.09. The van der Waals surface area contributed by atoms with Gasteiger partial charge in [-0.1, -0.05) is 48.0 Å². The van der Waals surface area contributed by atoms with E-state index in [1.54, 1.807) is 12.1 Å². The Morgan fingerprint density at radius 2 is 1.68 bits per heavy atom. The van der Waals surface area contributed by atoms with Gasteiger partial charge in [0.05, 0.1) is 7.11 Å². The van der Waals surface area contributed by atoms with E-state index in [1.165, 1.54) is 7.11 Å². The second-order valence-corrected chi connectivity index (χ2v) is 5.10. The molecular formula is C18H19NO3. The van der Waals surface area contributed by atoms with E-state index in [9.17, 15) is 9.59 Å². The Hall–Kier alpha value is -2.62. The number of hydrogen-bond donors (Lipinski definition) is 1. The zero-order valence-corrected chi connectivity index (χ0v) is 12.7. The van der Waals surface area contributed by atoms with Gasteiger partial charge in [0.15, 0.2) is 0 Å². The lowest BCUT2D eigenvalue weighted by atomic mass is 10.1. The van der Waals surface area contributed by atoms with Crippen LogP contribution in [-0.4, -0.2) is 25.0 Å². The van der Waals surface area contributed by atoms with Crippen LogP contribution in [0.15, 0.2) is 54.6 Å². The first kappa shape index (κ1) is 15.8. The van der Waals surface area contributed by atoms with Crippen molar-refractivity contribution >= 4 is 11.9 Å². The number of methoxy groups -OCH3 is 1. The normalized spacial score (nSPS) is 11.5. The van der Waals surface area contributed by atoms with E-state index in [2.05, 4.69) is 5.32 Å². The second kappa shape index (κ2) is 7.41. The Morgan fingerprint density at radius 1 is 1.05 bits per heavy atom.